The molecule has 19 heavy (non-hydrogen) atoms. The Morgan fingerprint density at radius 2 is 2.16 bits per heavy atom. The summed E-state index contributed by atoms with van der Waals surface area (Å²) in [7, 11) is -2.27. The zero-order valence-electron chi connectivity index (χ0n) is 11.2. The summed E-state index contributed by atoms with van der Waals surface area (Å²) in [5.41, 5.74) is 5.91. The molecule has 1 aromatic rings. The average Bonchev–Trinajstić information content (AvgIpc) is 2.73. The zero-order valence-corrected chi connectivity index (χ0v) is 12.8. The maximum atomic E-state index is 12.1. The lowest BCUT2D eigenvalue weighted by molar-refractivity contribution is -0.121. The highest BCUT2D eigenvalue weighted by Gasteiger charge is 2.24. The van der Waals surface area contributed by atoms with Gasteiger partial charge in [0.05, 0.1) is 6.54 Å². The molecule has 108 valence electrons. The van der Waals surface area contributed by atoms with E-state index in [1.165, 1.54) is 13.1 Å². The minimum atomic E-state index is -3.64. The number of hydrogen-bond donors (Lipinski definition) is 2. The van der Waals surface area contributed by atoms with Crippen LogP contribution in [-0.2, 0) is 14.8 Å². The van der Waals surface area contributed by atoms with E-state index in [2.05, 4.69) is 5.32 Å². The molecule has 0 aliphatic heterocycles. The van der Waals surface area contributed by atoms with Crippen LogP contribution in [0, 0.1) is 5.92 Å². The molecule has 0 radical (unpaired) electrons. The van der Waals surface area contributed by atoms with Gasteiger partial charge >= 0.3 is 0 Å². The Morgan fingerprint density at radius 3 is 2.63 bits per heavy atom. The van der Waals surface area contributed by atoms with E-state index in [0.29, 0.717) is 18.2 Å². The molecule has 0 bridgehead atoms. The Morgan fingerprint density at radius 1 is 1.53 bits per heavy atom. The maximum absolute atomic E-state index is 12.1. The highest BCUT2D eigenvalue weighted by Crippen LogP contribution is 2.24. The summed E-state index contributed by atoms with van der Waals surface area (Å²) < 4.78 is 25.4. The number of sulfonamides is 1. The average molecular weight is 305 g/mol. The summed E-state index contributed by atoms with van der Waals surface area (Å²) in [6.07, 6.45) is 0. The second kappa shape index (κ2) is 6.36. The van der Waals surface area contributed by atoms with Gasteiger partial charge in [0, 0.05) is 24.7 Å². The molecule has 0 spiro atoms. The van der Waals surface area contributed by atoms with Crippen molar-refractivity contribution >= 4 is 33.0 Å². The monoisotopic (exact) mass is 305 g/mol. The normalized spacial score (nSPS) is 12.1. The van der Waals surface area contributed by atoms with E-state index >= 15 is 0 Å². The molecule has 6 nitrogen and oxygen atoms in total. The molecule has 0 atom stereocenters. The van der Waals surface area contributed by atoms with E-state index < -0.39 is 10.0 Å². The number of nitrogens with two attached hydrogens (primary N) is 1. The van der Waals surface area contributed by atoms with E-state index in [9.17, 15) is 13.2 Å². The van der Waals surface area contributed by atoms with Crippen LogP contribution in [-0.4, -0.2) is 38.8 Å². The minimum Gasteiger partial charge on any atom is -0.398 e. The van der Waals surface area contributed by atoms with Gasteiger partial charge in [-0.25, -0.2) is 8.42 Å². The molecule has 0 unspecified atom stereocenters. The third-order valence-corrected chi connectivity index (χ3v) is 5.57. The van der Waals surface area contributed by atoms with Crippen LogP contribution in [0.3, 0.4) is 0 Å². The molecule has 0 fully saturated rings. The van der Waals surface area contributed by atoms with Crippen molar-refractivity contribution in [3.63, 3.8) is 0 Å². The standard InChI is InChI=1S/C11H19N3O3S2/c1-8(2)5-13-10(15)6-14(3)19(16,17)11-4-9(12)7-18-11/h4,7-8H,5-6,12H2,1-3H3,(H,13,15). The molecule has 0 aliphatic rings. The topological polar surface area (TPSA) is 92.5 Å². The Labute approximate surface area is 117 Å². The lowest BCUT2D eigenvalue weighted by Gasteiger charge is -2.16. The van der Waals surface area contributed by atoms with Crippen molar-refractivity contribution in [1.29, 1.82) is 0 Å². The zero-order chi connectivity index (χ0) is 14.6. The van der Waals surface area contributed by atoms with Gasteiger partial charge in [-0.1, -0.05) is 13.8 Å². The molecule has 1 amide bonds. The van der Waals surface area contributed by atoms with Crippen molar-refractivity contribution in [2.24, 2.45) is 5.92 Å². The van der Waals surface area contributed by atoms with Gasteiger partial charge in [-0.05, 0) is 12.0 Å². The number of nitrogen functional groups attached to an aromatic ring is 1. The SMILES string of the molecule is CC(C)CNC(=O)CN(C)S(=O)(=O)c1cc(N)cs1. The van der Waals surface area contributed by atoms with Gasteiger partial charge in [0.25, 0.3) is 10.0 Å². The lowest BCUT2D eigenvalue weighted by atomic mass is 10.2. The molecule has 1 heterocycles. The second-order valence-corrected chi connectivity index (χ2v) is 7.84. The highest BCUT2D eigenvalue weighted by molar-refractivity contribution is 7.91. The summed E-state index contributed by atoms with van der Waals surface area (Å²) in [6.45, 7) is 4.26. The third-order valence-electron chi connectivity index (χ3n) is 2.33. The van der Waals surface area contributed by atoms with Crippen molar-refractivity contribution in [2.75, 3.05) is 25.9 Å². The number of nitrogens with zero attached hydrogens (tertiary/aromatic N) is 1. The number of carbonyl (C=O) groups is 1. The molecule has 1 rings (SSSR count). The predicted molar refractivity (Wildman–Crippen MR) is 76.4 cm³/mol. The Balaban J connectivity index is 2.67. The number of thiophene rings is 1. The number of nitrogens with one attached hydrogen (secondary N) is 1. The summed E-state index contributed by atoms with van der Waals surface area (Å²) in [6, 6.07) is 1.39. The number of amides is 1. The van der Waals surface area contributed by atoms with Gasteiger partial charge in [0.2, 0.25) is 5.91 Å². The van der Waals surface area contributed by atoms with Gasteiger partial charge in [-0.3, -0.25) is 4.79 Å². The molecule has 3 N–H and O–H groups in total. The first-order valence-electron chi connectivity index (χ1n) is 5.80. The van der Waals surface area contributed by atoms with Crippen LogP contribution < -0.4 is 11.1 Å². The largest absolute Gasteiger partial charge is 0.398 e. The van der Waals surface area contributed by atoms with Gasteiger partial charge in [-0.2, -0.15) is 4.31 Å². The molecule has 0 saturated carbocycles. The van der Waals surface area contributed by atoms with Crippen molar-refractivity contribution in [3.8, 4) is 0 Å². The number of rotatable bonds is 6. The van der Waals surface area contributed by atoms with Gasteiger partial charge in [-0.15, -0.1) is 11.3 Å². The van der Waals surface area contributed by atoms with Crippen molar-refractivity contribution in [1.82, 2.24) is 9.62 Å². The summed E-state index contributed by atoms with van der Waals surface area (Å²) in [4.78, 5) is 11.6. The van der Waals surface area contributed by atoms with Crippen molar-refractivity contribution < 1.29 is 13.2 Å². The number of carbonyl (C=O) groups excluding carboxylic acids is 1. The fourth-order valence-electron chi connectivity index (χ4n) is 1.28. The van der Waals surface area contributed by atoms with Gasteiger partial charge < -0.3 is 11.1 Å². The minimum absolute atomic E-state index is 0.143. The Kier molecular flexibility index (Phi) is 5.33. The predicted octanol–water partition coefficient (Wildman–Crippen LogP) is 0.723. The molecular formula is C11H19N3O3S2. The fourth-order valence-corrected chi connectivity index (χ4v) is 3.70. The summed E-state index contributed by atoms with van der Waals surface area (Å²) in [5, 5.41) is 4.23. The smallest absolute Gasteiger partial charge is 0.252 e. The Hall–Kier alpha value is -1.12. The molecular weight excluding hydrogens is 286 g/mol. The molecule has 1 aromatic heterocycles. The van der Waals surface area contributed by atoms with Crippen molar-refractivity contribution in [2.45, 2.75) is 18.1 Å². The van der Waals surface area contributed by atoms with Crippen LogP contribution in [0.4, 0.5) is 5.69 Å². The molecule has 0 aromatic carbocycles. The summed E-state index contributed by atoms with van der Waals surface area (Å²) >= 11 is 1.04. The van der Waals surface area contributed by atoms with E-state index in [1.807, 2.05) is 13.8 Å². The van der Waals surface area contributed by atoms with E-state index in [1.54, 1.807) is 5.38 Å². The van der Waals surface area contributed by atoms with Crippen LogP contribution in [0.1, 0.15) is 13.8 Å². The summed E-state index contributed by atoms with van der Waals surface area (Å²) in [5.74, 6) is 0.00672. The van der Waals surface area contributed by atoms with Gasteiger partial charge in [0.1, 0.15) is 4.21 Å². The van der Waals surface area contributed by atoms with E-state index in [0.717, 1.165) is 15.6 Å². The van der Waals surface area contributed by atoms with Crippen LogP contribution in [0.25, 0.3) is 0 Å². The lowest BCUT2D eigenvalue weighted by Crippen LogP contribution is -2.39. The first-order chi connectivity index (χ1) is 8.73. The van der Waals surface area contributed by atoms with Crippen LogP contribution in [0.15, 0.2) is 15.7 Å². The molecule has 8 heteroatoms. The number of hydrogen-bond acceptors (Lipinski definition) is 5. The highest BCUT2D eigenvalue weighted by atomic mass is 32.2. The number of anilines is 1. The van der Waals surface area contributed by atoms with Crippen LogP contribution in [0.5, 0.6) is 0 Å². The van der Waals surface area contributed by atoms with Crippen molar-refractivity contribution in [3.05, 3.63) is 11.4 Å². The number of likely N-dealkylation sites (N-methyl/N-ethyl adjacent to an activating group) is 1. The first kappa shape index (κ1) is 15.9. The quantitative estimate of drug-likeness (QED) is 0.810. The third kappa shape index (κ3) is 4.48. The second-order valence-electron chi connectivity index (χ2n) is 4.66. The van der Waals surface area contributed by atoms with Crippen LogP contribution >= 0.6 is 11.3 Å². The Bertz CT molecular complexity index is 537. The van der Waals surface area contributed by atoms with E-state index in [-0.39, 0.29) is 16.7 Å². The fraction of sp³-hybridized carbons (Fsp3) is 0.545. The van der Waals surface area contributed by atoms with Gasteiger partial charge in [0.15, 0.2) is 0 Å². The maximum Gasteiger partial charge on any atom is 0.252 e. The molecule has 0 saturated heterocycles. The van der Waals surface area contributed by atoms with Crippen LogP contribution in [0.2, 0.25) is 0 Å². The van der Waals surface area contributed by atoms with E-state index in [4.69, 9.17) is 5.73 Å². The first-order valence-corrected chi connectivity index (χ1v) is 8.12. The molecule has 0 aliphatic carbocycles.